The molecule has 28 heavy (non-hydrogen) atoms. The number of nitrogens with one attached hydrogen (secondary N) is 1. The van der Waals surface area contributed by atoms with Gasteiger partial charge in [0.15, 0.2) is 0 Å². The van der Waals surface area contributed by atoms with Crippen LogP contribution in [0.4, 0.5) is 9.18 Å². The van der Waals surface area contributed by atoms with Gasteiger partial charge in [-0.3, -0.25) is 10.3 Å². The van der Waals surface area contributed by atoms with Crippen LogP contribution in [0.1, 0.15) is 51.1 Å². The lowest BCUT2D eigenvalue weighted by Crippen LogP contribution is -2.31. The van der Waals surface area contributed by atoms with E-state index in [1.165, 1.54) is 6.07 Å². The Labute approximate surface area is 165 Å². The van der Waals surface area contributed by atoms with Crippen molar-refractivity contribution in [2.24, 2.45) is 4.99 Å². The summed E-state index contributed by atoms with van der Waals surface area (Å²) in [4.78, 5) is 23.2. The second kappa shape index (κ2) is 9.48. The van der Waals surface area contributed by atoms with E-state index in [9.17, 15) is 9.18 Å². The molecule has 6 nitrogen and oxygen atoms in total. The standard InChI is InChI=1S/C21H28FN5O/c1-3-8-16(4-2)24-20-19(17-9-5-6-10-18(17)22)27(21(28)25-20)13-7-12-26-14-11-23-15-26/h5-6,9-11,14-16,19H,3-4,7-8,12-13H2,1-2H3,(H,24,25,28). The molecule has 1 fully saturated rings. The van der Waals surface area contributed by atoms with E-state index in [1.54, 1.807) is 35.6 Å². The number of hydrogen-bond acceptors (Lipinski definition) is 3. The number of halogens is 1. The Morgan fingerprint density at radius 3 is 2.79 bits per heavy atom. The van der Waals surface area contributed by atoms with Gasteiger partial charge < -0.3 is 9.47 Å². The predicted octanol–water partition coefficient (Wildman–Crippen LogP) is 4.16. The van der Waals surface area contributed by atoms with E-state index in [2.05, 4.69) is 24.1 Å². The minimum atomic E-state index is -0.512. The van der Waals surface area contributed by atoms with Gasteiger partial charge >= 0.3 is 6.03 Å². The van der Waals surface area contributed by atoms with Gasteiger partial charge in [0.05, 0.1) is 12.4 Å². The van der Waals surface area contributed by atoms with E-state index < -0.39 is 6.04 Å². The number of aryl methyl sites for hydroxylation is 1. The van der Waals surface area contributed by atoms with Crippen LogP contribution in [0.5, 0.6) is 0 Å². The molecule has 0 saturated carbocycles. The molecular formula is C21H28FN5O. The topological polar surface area (TPSA) is 62.5 Å². The van der Waals surface area contributed by atoms with Gasteiger partial charge in [-0.15, -0.1) is 0 Å². The Morgan fingerprint density at radius 1 is 1.29 bits per heavy atom. The molecule has 1 aromatic heterocycles. The predicted molar refractivity (Wildman–Crippen MR) is 108 cm³/mol. The fourth-order valence-corrected chi connectivity index (χ4v) is 3.59. The van der Waals surface area contributed by atoms with E-state index in [-0.39, 0.29) is 17.9 Å². The van der Waals surface area contributed by atoms with E-state index >= 15 is 0 Å². The van der Waals surface area contributed by atoms with Gasteiger partial charge in [0.2, 0.25) is 0 Å². The maximum Gasteiger partial charge on any atom is 0.323 e. The molecule has 1 aromatic carbocycles. The first kappa shape index (κ1) is 20.0. The van der Waals surface area contributed by atoms with Gasteiger partial charge in [-0.05, 0) is 25.3 Å². The van der Waals surface area contributed by atoms with Crippen LogP contribution >= 0.6 is 0 Å². The smallest absolute Gasteiger partial charge is 0.323 e. The molecule has 150 valence electrons. The fourth-order valence-electron chi connectivity index (χ4n) is 3.59. The van der Waals surface area contributed by atoms with Gasteiger partial charge in [0.25, 0.3) is 0 Å². The second-order valence-corrected chi connectivity index (χ2v) is 7.07. The Morgan fingerprint density at radius 2 is 2.11 bits per heavy atom. The minimum absolute atomic E-state index is 0.125. The number of imidazole rings is 1. The number of aromatic nitrogens is 2. The van der Waals surface area contributed by atoms with Crippen LogP contribution in [0, 0.1) is 5.82 Å². The molecule has 2 amide bonds. The number of nitrogens with zero attached hydrogens (tertiary/aromatic N) is 4. The zero-order valence-corrected chi connectivity index (χ0v) is 16.5. The summed E-state index contributed by atoms with van der Waals surface area (Å²) in [5.74, 6) is 0.234. The van der Waals surface area contributed by atoms with Crippen molar-refractivity contribution in [3.8, 4) is 0 Å². The molecular weight excluding hydrogens is 357 g/mol. The number of aliphatic imine (C=N–C) groups is 1. The molecule has 1 aliphatic heterocycles. The lowest BCUT2D eigenvalue weighted by Gasteiger charge is -2.24. The average Bonchev–Trinajstić information content (AvgIpc) is 3.30. The summed E-state index contributed by atoms with van der Waals surface area (Å²) in [6.45, 7) is 5.45. The third kappa shape index (κ3) is 4.58. The van der Waals surface area contributed by atoms with Crippen molar-refractivity contribution < 1.29 is 9.18 Å². The summed E-state index contributed by atoms with van der Waals surface area (Å²) >= 11 is 0. The number of amidine groups is 1. The van der Waals surface area contributed by atoms with Crippen molar-refractivity contribution in [1.82, 2.24) is 19.8 Å². The lowest BCUT2D eigenvalue weighted by atomic mass is 10.0. The van der Waals surface area contributed by atoms with Crippen molar-refractivity contribution >= 4 is 11.9 Å². The number of urea groups is 1. The SMILES string of the molecule is CCCC(CC)N=C1NC(=O)N(CCCn2ccnc2)C1c1ccccc1F. The number of benzene rings is 1. The van der Waals surface area contributed by atoms with Crippen LogP contribution in [0.25, 0.3) is 0 Å². The first-order chi connectivity index (χ1) is 13.6. The first-order valence-electron chi connectivity index (χ1n) is 9.99. The largest absolute Gasteiger partial charge is 0.337 e. The summed E-state index contributed by atoms with van der Waals surface area (Å²) in [7, 11) is 0. The maximum atomic E-state index is 14.6. The summed E-state index contributed by atoms with van der Waals surface area (Å²) in [6, 6.07) is 6.02. The van der Waals surface area contributed by atoms with Crippen LogP contribution < -0.4 is 5.32 Å². The number of hydrogen-bond donors (Lipinski definition) is 1. The number of amides is 2. The van der Waals surface area contributed by atoms with Crippen molar-refractivity contribution in [2.75, 3.05) is 6.54 Å². The summed E-state index contributed by atoms with van der Waals surface area (Å²) < 4.78 is 16.6. The first-order valence-corrected chi connectivity index (χ1v) is 9.99. The van der Waals surface area contributed by atoms with Gasteiger partial charge in [0.1, 0.15) is 17.7 Å². The molecule has 2 heterocycles. The van der Waals surface area contributed by atoms with Gasteiger partial charge in [0, 0.05) is 31.0 Å². The molecule has 3 rings (SSSR count). The van der Waals surface area contributed by atoms with Gasteiger partial charge in [-0.25, -0.2) is 14.2 Å². The molecule has 0 spiro atoms. The molecule has 0 bridgehead atoms. The molecule has 1 saturated heterocycles. The Kier molecular flexibility index (Phi) is 6.79. The zero-order valence-electron chi connectivity index (χ0n) is 16.5. The summed E-state index contributed by atoms with van der Waals surface area (Å²) in [5.41, 5.74) is 0.480. The van der Waals surface area contributed by atoms with Crippen LogP contribution in [0.2, 0.25) is 0 Å². The molecule has 7 heteroatoms. The van der Waals surface area contributed by atoms with E-state index in [0.29, 0.717) is 17.9 Å². The Bertz CT molecular complexity index is 805. The van der Waals surface area contributed by atoms with Gasteiger partial charge in [-0.2, -0.15) is 0 Å². The molecule has 1 aliphatic rings. The third-order valence-electron chi connectivity index (χ3n) is 5.06. The number of rotatable bonds is 9. The van der Waals surface area contributed by atoms with Crippen LogP contribution in [-0.4, -0.2) is 38.9 Å². The molecule has 1 N–H and O–H groups in total. The van der Waals surface area contributed by atoms with Crippen molar-refractivity contribution in [3.63, 3.8) is 0 Å². The highest BCUT2D eigenvalue weighted by molar-refractivity contribution is 6.07. The average molecular weight is 385 g/mol. The van der Waals surface area contributed by atoms with Crippen molar-refractivity contribution in [2.45, 2.75) is 58.2 Å². The minimum Gasteiger partial charge on any atom is -0.337 e. The van der Waals surface area contributed by atoms with E-state index in [1.807, 2.05) is 10.8 Å². The van der Waals surface area contributed by atoms with Gasteiger partial charge in [-0.1, -0.05) is 38.5 Å². The summed E-state index contributed by atoms with van der Waals surface area (Å²) in [6.07, 6.45) is 8.96. The molecule has 2 unspecified atom stereocenters. The normalized spacial score (nSPS) is 19.2. The molecule has 0 aliphatic carbocycles. The van der Waals surface area contributed by atoms with Crippen molar-refractivity contribution in [1.29, 1.82) is 0 Å². The number of carbonyl (C=O) groups is 1. The van der Waals surface area contributed by atoms with Crippen LogP contribution in [-0.2, 0) is 6.54 Å². The Hall–Kier alpha value is -2.70. The number of carbonyl (C=O) groups excluding carboxylic acids is 1. The zero-order chi connectivity index (χ0) is 19.9. The third-order valence-corrected chi connectivity index (χ3v) is 5.06. The highest BCUT2D eigenvalue weighted by Crippen LogP contribution is 2.29. The highest BCUT2D eigenvalue weighted by Gasteiger charge is 2.39. The van der Waals surface area contributed by atoms with Crippen LogP contribution in [0.15, 0.2) is 48.0 Å². The quantitative estimate of drug-likeness (QED) is 0.705. The lowest BCUT2D eigenvalue weighted by molar-refractivity contribution is 0.203. The summed E-state index contributed by atoms with van der Waals surface area (Å²) in [5, 5.41) is 2.90. The molecule has 2 atom stereocenters. The Balaban J connectivity index is 1.85. The van der Waals surface area contributed by atoms with Crippen LogP contribution in [0.3, 0.4) is 0 Å². The van der Waals surface area contributed by atoms with E-state index in [4.69, 9.17) is 4.99 Å². The van der Waals surface area contributed by atoms with E-state index in [0.717, 1.165) is 32.2 Å². The monoisotopic (exact) mass is 385 g/mol. The highest BCUT2D eigenvalue weighted by atomic mass is 19.1. The molecule has 2 aromatic rings. The maximum absolute atomic E-state index is 14.6. The second-order valence-electron chi connectivity index (χ2n) is 7.07. The molecule has 0 radical (unpaired) electrons. The van der Waals surface area contributed by atoms with Crippen molar-refractivity contribution in [3.05, 3.63) is 54.4 Å². The fraction of sp³-hybridized carbons (Fsp3) is 0.476.